The lowest BCUT2D eigenvalue weighted by Crippen LogP contribution is -2.31. The van der Waals surface area contributed by atoms with Gasteiger partial charge in [0.1, 0.15) is 0 Å². The second kappa shape index (κ2) is 7.89. The molecule has 0 bridgehead atoms. The number of hydrogen-bond acceptors (Lipinski definition) is 3. The molecule has 2 heterocycles. The number of hydrogen-bond donors (Lipinski definition) is 0. The zero-order valence-corrected chi connectivity index (χ0v) is 13.8. The molecule has 1 aliphatic heterocycles. The predicted molar refractivity (Wildman–Crippen MR) is 91.6 cm³/mol. The molecule has 2 aliphatic rings. The molecule has 1 aromatic rings. The maximum Gasteiger partial charge on any atom is 0.0312 e. The molecule has 0 amide bonds. The Labute approximate surface area is 135 Å². The molecule has 0 spiro atoms. The van der Waals surface area contributed by atoms with E-state index >= 15 is 0 Å². The maximum absolute atomic E-state index is 4.21. The summed E-state index contributed by atoms with van der Waals surface area (Å²) in [5, 5.41) is 0. The van der Waals surface area contributed by atoms with Crippen LogP contribution in [0.4, 0.5) is 0 Å². The van der Waals surface area contributed by atoms with Crippen LogP contribution < -0.4 is 0 Å². The van der Waals surface area contributed by atoms with Crippen molar-refractivity contribution in [1.29, 1.82) is 0 Å². The summed E-state index contributed by atoms with van der Waals surface area (Å²) in [6.07, 6.45) is 13.9. The Balaban J connectivity index is 1.39. The van der Waals surface area contributed by atoms with Gasteiger partial charge in [-0.05, 0) is 62.7 Å². The van der Waals surface area contributed by atoms with Crippen molar-refractivity contribution in [2.75, 3.05) is 33.2 Å². The number of pyridine rings is 1. The Morgan fingerprint density at radius 1 is 1.27 bits per heavy atom. The van der Waals surface area contributed by atoms with Crippen LogP contribution in [0, 0.1) is 11.8 Å². The van der Waals surface area contributed by atoms with Crippen LogP contribution in [0.15, 0.2) is 36.7 Å². The normalized spacial score (nSPS) is 25.9. The minimum absolute atomic E-state index is 0.834. The molecule has 0 unspecified atom stereocenters. The summed E-state index contributed by atoms with van der Waals surface area (Å²) in [6, 6.07) is 4.19. The van der Waals surface area contributed by atoms with Gasteiger partial charge in [-0.25, -0.2) is 0 Å². The fourth-order valence-electron chi connectivity index (χ4n) is 3.92. The molecule has 1 aliphatic carbocycles. The Hall–Kier alpha value is -1.19. The number of aromatic nitrogens is 1. The maximum atomic E-state index is 4.21. The third-order valence-corrected chi connectivity index (χ3v) is 5.01. The first kappa shape index (κ1) is 15.7. The first-order valence-corrected chi connectivity index (χ1v) is 8.74. The van der Waals surface area contributed by atoms with Gasteiger partial charge in [0.15, 0.2) is 0 Å². The molecule has 120 valence electrons. The lowest BCUT2D eigenvalue weighted by Gasteiger charge is -2.25. The van der Waals surface area contributed by atoms with E-state index in [1.165, 1.54) is 57.4 Å². The minimum atomic E-state index is 0.834. The van der Waals surface area contributed by atoms with E-state index in [4.69, 9.17) is 0 Å². The summed E-state index contributed by atoms with van der Waals surface area (Å²) in [7, 11) is 2.24. The largest absolute Gasteiger partial charge is 0.303 e. The van der Waals surface area contributed by atoms with Crippen LogP contribution in [0.5, 0.6) is 0 Å². The van der Waals surface area contributed by atoms with Gasteiger partial charge in [-0.3, -0.25) is 4.98 Å². The summed E-state index contributed by atoms with van der Waals surface area (Å²) in [4.78, 5) is 9.36. The van der Waals surface area contributed by atoms with Crippen molar-refractivity contribution in [2.45, 2.75) is 32.2 Å². The highest BCUT2D eigenvalue weighted by molar-refractivity contribution is 5.08. The molecule has 3 heteroatoms. The third-order valence-electron chi connectivity index (χ3n) is 5.01. The molecule has 1 aromatic heterocycles. The fraction of sp³-hybridized carbons (Fsp3) is 0.632. The van der Waals surface area contributed by atoms with E-state index < -0.39 is 0 Å². The van der Waals surface area contributed by atoms with Crippen molar-refractivity contribution in [3.05, 3.63) is 42.2 Å². The van der Waals surface area contributed by atoms with E-state index in [1.54, 1.807) is 0 Å². The molecule has 1 fully saturated rings. The summed E-state index contributed by atoms with van der Waals surface area (Å²) in [5.74, 6) is 1.73. The lowest BCUT2D eigenvalue weighted by molar-refractivity contribution is 0.234. The van der Waals surface area contributed by atoms with E-state index in [1.807, 2.05) is 18.5 Å². The van der Waals surface area contributed by atoms with Crippen LogP contribution >= 0.6 is 0 Å². The average molecular weight is 299 g/mol. The molecule has 0 saturated carbocycles. The molecule has 3 rings (SSSR count). The second-order valence-electron chi connectivity index (χ2n) is 7.12. The van der Waals surface area contributed by atoms with Gasteiger partial charge in [-0.15, -0.1) is 0 Å². The number of allylic oxidation sites excluding steroid dienone is 2. The minimum Gasteiger partial charge on any atom is -0.303 e. The smallest absolute Gasteiger partial charge is 0.0312 e. The van der Waals surface area contributed by atoms with Gasteiger partial charge in [0.05, 0.1) is 0 Å². The van der Waals surface area contributed by atoms with Gasteiger partial charge < -0.3 is 9.80 Å². The molecule has 22 heavy (non-hydrogen) atoms. The van der Waals surface area contributed by atoms with Crippen LogP contribution in [0.3, 0.4) is 0 Å². The molecular formula is C19H29N3. The van der Waals surface area contributed by atoms with Crippen LogP contribution in [0.1, 0.15) is 31.2 Å². The summed E-state index contributed by atoms with van der Waals surface area (Å²) < 4.78 is 0. The van der Waals surface area contributed by atoms with E-state index in [9.17, 15) is 0 Å². The molecular weight excluding hydrogens is 270 g/mol. The van der Waals surface area contributed by atoms with Crippen molar-refractivity contribution >= 4 is 0 Å². The highest BCUT2D eigenvalue weighted by Gasteiger charge is 2.25. The van der Waals surface area contributed by atoms with Crippen molar-refractivity contribution in [3.8, 4) is 0 Å². The molecule has 0 N–H and O–H groups in total. The van der Waals surface area contributed by atoms with E-state index in [0.717, 1.165) is 18.4 Å². The van der Waals surface area contributed by atoms with Gasteiger partial charge >= 0.3 is 0 Å². The van der Waals surface area contributed by atoms with Gasteiger partial charge in [0.25, 0.3) is 0 Å². The topological polar surface area (TPSA) is 19.4 Å². The zero-order chi connectivity index (χ0) is 15.2. The number of nitrogens with zero attached hydrogens (tertiary/aromatic N) is 3. The zero-order valence-electron chi connectivity index (χ0n) is 13.8. The predicted octanol–water partition coefficient (Wildman–Crippen LogP) is 3.19. The highest BCUT2D eigenvalue weighted by Crippen LogP contribution is 2.24. The third kappa shape index (κ3) is 4.65. The molecule has 1 saturated heterocycles. The van der Waals surface area contributed by atoms with Crippen molar-refractivity contribution < 1.29 is 0 Å². The van der Waals surface area contributed by atoms with Gasteiger partial charge in [0.2, 0.25) is 0 Å². The Kier molecular flexibility index (Phi) is 5.63. The molecule has 2 atom stereocenters. The molecule has 0 radical (unpaired) electrons. The fourth-order valence-corrected chi connectivity index (χ4v) is 3.92. The van der Waals surface area contributed by atoms with Crippen molar-refractivity contribution in [2.24, 2.45) is 11.8 Å². The van der Waals surface area contributed by atoms with Crippen molar-refractivity contribution in [1.82, 2.24) is 14.8 Å². The number of rotatable bonds is 6. The van der Waals surface area contributed by atoms with Gasteiger partial charge in [-0.2, -0.15) is 0 Å². The van der Waals surface area contributed by atoms with Crippen LogP contribution in [-0.4, -0.2) is 48.0 Å². The van der Waals surface area contributed by atoms with E-state index in [-0.39, 0.29) is 0 Å². The lowest BCUT2D eigenvalue weighted by atomic mass is 9.94. The standard InChI is InChI=1S/C19H29N3/c1-21(13-18-8-5-10-20-12-18)14-19-9-11-22(16-19)15-17-6-3-2-4-7-17/h2-3,5,8,10,12,17,19H,4,6-7,9,11,13-16H2,1H3/t17-,19-/m1/s1. The van der Waals surface area contributed by atoms with Gasteiger partial charge in [-0.1, -0.05) is 18.2 Å². The van der Waals surface area contributed by atoms with Crippen LogP contribution in [0.25, 0.3) is 0 Å². The monoisotopic (exact) mass is 299 g/mol. The Morgan fingerprint density at radius 2 is 2.23 bits per heavy atom. The highest BCUT2D eigenvalue weighted by atomic mass is 15.2. The SMILES string of the molecule is CN(Cc1cccnc1)C[C@H]1CCN(C[C@@H]2CC=CCC2)C1. The average Bonchev–Trinajstić information content (AvgIpc) is 2.96. The van der Waals surface area contributed by atoms with Crippen LogP contribution in [-0.2, 0) is 6.54 Å². The van der Waals surface area contributed by atoms with Gasteiger partial charge in [0, 0.05) is 38.6 Å². The number of likely N-dealkylation sites (tertiary alicyclic amines) is 1. The van der Waals surface area contributed by atoms with E-state index in [2.05, 4.69) is 40.0 Å². The van der Waals surface area contributed by atoms with Crippen molar-refractivity contribution in [3.63, 3.8) is 0 Å². The summed E-state index contributed by atoms with van der Waals surface area (Å²) >= 11 is 0. The first-order chi connectivity index (χ1) is 10.8. The Bertz CT molecular complexity index is 471. The second-order valence-corrected chi connectivity index (χ2v) is 7.12. The van der Waals surface area contributed by atoms with Crippen LogP contribution in [0.2, 0.25) is 0 Å². The molecule has 0 aromatic carbocycles. The Morgan fingerprint density at radius 3 is 3.00 bits per heavy atom. The summed E-state index contributed by atoms with van der Waals surface area (Å²) in [5.41, 5.74) is 1.31. The first-order valence-electron chi connectivity index (χ1n) is 8.74. The quantitative estimate of drug-likeness (QED) is 0.752. The summed E-state index contributed by atoms with van der Waals surface area (Å²) in [6.45, 7) is 6.12. The van der Waals surface area contributed by atoms with E-state index in [0.29, 0.717) is 0 Å². The molecule has 3 nitrogen and oxygen atoms in total.